The number of halogens is 1. The molecule has 0 spiro atoms. The summed E-state index contributed by atoms with van der Waals surface area (Å²) < 4.78 is 10.9. The third-order valence-electron chi connectivity index (χ3n) is 5.27. The van der Waals surface area contributed by atoms with E-state index >= 15 is 0 Å². The van der Waals surface area contributed by atoms with Gasteiger partial charge in [0.1, 0.15) is 6.61 Å². The van der Waals surface area contributed by atoms with E-state index in [0.717, 1.165) is 44.2 Å². The van der Waals surface area contributed by atoms with Crippen molar-refractivity contribution in [3.05, 3.63) is 53.6 Å². The van der Waals surface area contributed by atoms with Gasteiger partial charge in [-0.3, -0.25) is 0 Å². The van der Waals surface area contributed by atoms with Gasteiger partial charge in [0.2, 0.25) is 0 Å². The molecule has 7 nitrogen and oxygen atoms in total. The van der Waals surface area contributed by atoms with Crippen molar-refractivity contribution in [2.45, 2.75) is 20.4 Å². The average Bonchev–Trinajstić information content (AvgIpc) is 2.80. The predicted molar refractivity (Wildman–Crippen MR) is 141 cm³/mol. The molecule has 176 valence electrons. The first-order valence-electron chi connectivity index (χ1n) is 10.9. The Balaban J connectivity index is 0.00000363. The van der Waals surface area contributed by atoms with Gasteiger partial charge in [0.15, 0.2) is 17.5 Å². The summed E-state index contributed by atoms with van der Waals surface area (Å²) in [5, 5.41) is 12.4. The van der Waals surface area contributed by atoms with Crippen molar-refractivity contribution >= 4 is 35.6 Å². The fourth-order valence-corrected chi connectivity index (χ4v) is 3.68. The van der Waals surface area contributed by atoms with Crippen molar-refractivity contribution in [2.75, 3.05) is 57.9 Å². The Bertz CT molecular complexity index is 870. The van der Waals surface area contributed by atoms with Gasteiger partial charge >= 0.3 is 0 Å². The number of methoxy groups -OCH3 is 1. The molecule has 1 aliphatic heterocycles. The summed E-state index contributed by atoms with van der Waals surface area (Å²) in [5.74, 6) is 2.22. The minimum Gasteiger partial charge on any atom is -0.493 e. The number of aliphatic imine (C=N–C) groups is 1. The van der Waals surface area contributed by atoms with E-state index in [9.17, 15) is 0 Å². The third-order valence-corrected chi connectivity index (χ3v) is 5.27. The van der Waals surface area contributed by atoms with E-state index < -0.39 is 0 Å². The van der Waals surface area contributed by atoms with E-state index in [1.807, 2.05) is 18.2 Å². The van der Waals surface area contributed by atoms with Crippen LogP contribution < -0.4 is 19.7 Å². The van der Waals surface area contributed by atoms with Crippen molar-refractivity contribution in [1.29, 1.82) is 0 Å². The van der Waals surface area contributed by atoms with Crippen LogP contribution in [0.15, 0.2) is 47.5 Å². The molecule has 0 aromatic heterocycles. The van der Waals surface area contributed by atoms with Gasteiger partial charge in [-0.05, 0) is 49.2 Å². The van der Waals surface area contributed by atoms with Gasteiger partial charge in [0.05, 0.1) is 20.3 Å². The monoisotopic (exact) mass is 554 g/mol. The van der Waals surface area contributed by atoms with Crippen LogP contribution in [0.3, 0.4) is 0 Å². The normalized spacial score (nSPS) is 14.1. The van der Waals surface area contributed by atoms with E-state index in [2.05, 4.69) is 53.2 Å². The highest BCUT2D eigenvalue weighted by Crippen LogP contribution is 2.28. The number of nitrogens with zero attached hydrogens (tertiary/aromatic N) is 3. The Morgan fingerprint density at radius 1 is 1.09 bits per heavy atom. The number of rotatable bonds is 8. The quantitative estimate of drug-likeness (QED) is 0.297. The van der Waals surface area contributed by atoms with Gasteiger partial charge < -0.3 is 29.7 Å². The number of anilines is 1. The molecular weight excluding hydrogens is 519 g/mol. The molecule has 2 aromatic carbocycles. The van der Waals surface area contributed by atoms with Crippen LogP contribution in [-0.2, 0) is 6.54 Å². The molecule has 1 fully saturated rings. The topological polar surface area (TPSA) is 69.6 Å². The zero-order valence-electron chi connectivity index (χ0n) is 19.2. The van der Waals surface area contributed by atoms with Crippen molar-refractivity contribution < 1.29 is 14.6 Å². The summed E-state index contributed by atoms with van der Waals surface area (Å²) >= 11 is 0. The standard InChI is InChI=1S/C24H34N4O3.HI/c1-4-25-24(26-18-20-8-9-22(31-15-14-29)23(17-20)30-3)28-12-10-27(11-13-28)21-7-5-6-19(2)16-21;/h5-9,16-17,29H,4,10-15,18H2,1-3H3,(H,25,26);1H. The maximum Gasteiger partial charge on any atom is 0.194 e. The number of nitrogens with one attached hydrogen (secondary N) is 1. The number of aliphatic hydroxyl groups is 1. The highest BCUT2D eigenvalue weighted by molar-refractivity contribution is 14.0. The summed E-state index contributed by atoms with van der Waals surface area (Å²) in [4.78, 5) is 9.62. The molecule has 1 saturated heterocycles. The zero-order chi connectivity index (χ0) is 22.1. The zero-order valence-corrected chi connectivity index (χ0v) is 21.5. The van der Waals surface area contributed by atoms with E-state index in [0.29, 0.717) is 18.0 Å². The Morgan fingerprint density at radius 2 is 1.88 bits per heavy atom. The van der Waals surface area contributed by atoms with Crippen LogP contribution in [-0.4, -0.2) is 69.0 Å². The lowest BCUT2D eigenvalue weighted by atomic mass is 10.2. The number of aryl methyl sites for hydroxylation is 1. The van der Waals surface area contributed by atoms with Crippen LogP contribution in [0.2, 0.25) is 0 Å². The molecule has 0 unspecified atom stereocenters. The number of aliphatic hydroxyl groups excluding tert-OH is 1. The van der Waals surface area contributed by atoms with Crippen LogP contribution in [0.1, 0.15) is 18.1 Å². The molecule has 32 heavy (non-hydrogen) atoms. The Morgan fingerprint density at radius 3 is 2.53 bits per heavy atom. The summed E-state index contributed by atoms with van der Waals surface area (Å²) in [6, 6.07) is 14.5. The lowest BCUT2D eigenvalue weighted by molar-refractivity contribution is 0.196. The second kappa shape index (κ2) is 13.4. The largest absolute Gasteiger partial charge is 0.493 e. The molecular formula is C24H35IN4O3. The van der Waals surface area contributed by atoms with E-state index in [1.165, 1.54) is 11.3 Å². The van der Waals surface area contributed by atoms with Crippen LogP contribution >= 0.6 is 24.0 Å². The minimum absolute atomic E-state index is 0. The number of guanidine groups is 1. The van der Waals surface area contributed by atoms with Crippen molar-refractivity contribution in [3.63, 3.8) is 0 Å². The molecule has 0 radical (unpaired) electrons. The second-order valence-electron chi connectivity index (χ2n) is 7.54. The maximum atomic E-state index is 8.96. The van der Waals surface area contributed by atoms with E-state index in [4.69, 9.17) is 19.6 Å². The lowest BCUT2D eigenvalue weighted by Gasteiger charge is -2.37. The average molecular weight is 554 g/mol. The summed E-state index contributed by atoms with van der Waals surface area (Å²) in [6.45, 7) is 9.62. The molecule has 1 heterocycles. The van der Waals surface area contributed by atoms with Gasteiger partial charge in [-0.25, -0.2) is 4.99 Å². The Labute approximate surface area is 208 Å². The highest BCUT2D eigenvalue weighted by Gasteiger charge is 2.20. The summed E-state index contributed by atoms with van der Waals surface area (Å²) in [5.41, 5.74) is 3.62. The van der Waals surface area contributed by atoms with Crippen LogP contribution in [0.5, 0.6) is 11.5 Å². The SMILES string of the molecule is CCNC(=NCc1ccc(OCCO)c(OC)c1)N1CCN(c2cccc(C)c2)CC1.I. The number of ether oxygens (including phenoxy) is 2. The number of benzene rings is 2. The van der Waals surface area contributed by atoms with Gasteiger partial charge in [0, 0.05) is 38.4 Å². The van der Waals surface area contributed by atoms with Crippen LogP contribution in [0.25, 0.3) is 0 Å². The first-order chi connectivity index (χ1) is 15.1. The minimum atomic E-state index is -0.0294. The maximum absolute atomic E-state index is 8.96. The molecule has 3 rings (SSSR count). The molecule has 8 heteroatoms. The van der Waals surface area contributed by atoms with Crippen molar-refractivity contribution in [1.82, 2.24) is 10.2 Å². The molecule has 2 N–H and O–H groups in total. The summed E-state index contributed by atoms with van der Waals surface area (Å²) in [6.07, 6.45) is 0. The first-order valence-corrected chi connectivity index (χ1v) is 10.9. The molecule has 1 aliphatic rings. The van der Waals surface area contributed by atoms with E-state index in [-0.39, 0.29) is 37.2 Å². The molecule has 0 aliphatic carbocycles. The first kappa shape index (κ1) is 26.1. The third kappa shape index (κ3) is 7.16. The predicted octanol–water partition coefficient (Wildman–Crippen LogP) is 3.28. The lowest BCUT2D eigenvalue weighted by Crippen LogP contribution is -2.52. The molecule has 0 bridgehead atoms. The van der Waals surface area contributed by atoms with E-state index in [1.54, 1.807) is 7.11 Å². The van der Waals surface area contributed by atoms with Crippen molar-refractivity contribution in [3.8, 4) is 11.5 Å². The fourth-order valence-electron chi connectivity index (χ4n) is 3.68. The van der Waals surface area contributed by atoms with Gasteiger partial charge in [-0.2, -0.15) is 0 Å². The number of piperazine rings is 1. The van der Waals surface area contributed by atoms with Crippen LogP contribution in [0.4, 0.5) is 5.69 Å². The number of hydrogen-bond donors (Lipinski definition) is 2. The molecule has 0 saturated carbocycles. The summed E-state index contributed by atoms with van der Waals surface area (Å²) in [7, 11) is 1.62. The Hall–Kier alpha value is -2.20. The second-order valence-corrected chi connectivity index (χ2v) is 7.54. The fraction of sp³-hybridized carbons (Fsp3) is 0.458. The van der Waals surface area contributed by atoms with Gasteiger partial charge in [-0.15, -0.1) is 24.0 Å². The van der Waals surface area contributed by atoms with Crippen LogP contribution in [0, 0.1) is 6.92 Å². The van der Waals surface area contributed by atoms with Gasteiger partial charge in [-0.1, -0.05) is 18.2 Å². The Kier molecular flexibility index (Phi) is 10.9. The number of hydrogen-bond acceptors (Lipinski definition) is 5. The molecule has 0 amide bonds. The van der Waals surface area contributed by atoms with Crippen molar-refractivity contribution in [2.24, 2.45) is 4.99 Å². The smallest absolute Gasteiger partial charge is 0.194 e. The highest BCUT2D eigenvalue weighted by atomic mass is 127. The molecule has 0 atom stereocenters. The van der Waals surface area contributed by atoms with Gasteiger partial charge in [0.25, 0.3) is 0 Å². The molecule has 2 aromatic rings.